The average molecular weight is 547 g/mol. The molecule has 0 saturated heterocycles. The van der Waals surface area contributed by atoms with Gasteiger partial charge in [-0.1, -0.05) is 51.1 Å². The predicted molar refractivity (Wildman–Crippen MR) is 156 cm³/mol. The van der Waals surface area contributed by atoms with E-state index in [9.17, 15) is 9.90 Å². The van der Waals surface area contributed by atoms with E-state index >= 15 is 4.39 Å². The lowest BCUT2D eigenvalue weighted by Crippen LogP contribution is -2.22. The maximum atomic E-state index is 15.1. The second kappa shape index (κ2) is 12.3. The zero-order chi connectivity index (χ0) is 29.0. The summed E-state index contributed by atoms with van der Waals surface area (Å²) in [5, 5.41) is 19.2. The Kier molecular flexibility index (Phi) is 8.99. The van der Waals surface area contributed by atoms with Gasteiger partial charge in [0.15, 0.2) is 0 Å². The Balaban J connectivity index is 1.68. The first-order chi connectivity index (χ1) is 19.0. The molecule has 1 aliphatic carbocycles. The number of ether oxygens (including phenoxy) is 2. The van der Waals surface area contributed by atoms with Gasteiger partial charge in [-0.05, 0) is 101 Å². The smallest absolute Gasteiger partial charge is 0.306 e. The van der Waals surface area contributed by atoms with Crippen LogP contribution < -0.4 is 9.47 Å². The van der Waals surface area contributed by atoms with E-state index in [0.717, 1.165) is 28.7 Å². The molecule has 1 aliphatic rings. The number of aliphatic carboxylic acids is 1. The van der Waals surface area contributed by atoms with Gasteiger partial charge < -0.3 is 19.7 Å². The summed E-state index contributed by atoms with van der Waals surface area (Å²) < 4.78 is 26.5. The van der Waals surface area contributed by atoms with Crippen molar-refractivity contribution in [3.8, 4) is 22.6 Å². The minimum Gasteiger partial charge on any atom is -0.497 e. The number of benzene rings is 3. The molecule has 40 heavy (non-hydrogen) atoms. The second-order valence-corrected chi connectivity index (χ2v) is 11.5. The minimum atomic E-state index is -1.11. The Morgan fingerprint density at radius 3 is 2.52 bits per heavy atom. The van der Waals surface area contributed by atoms with Gasteiger partial charge in [0.1, 0.15) is 23.9 Å². The lowest BCUT2D eigenvalue weighted by atomic mass is 9.75. The van der Waals surface area contributed by atoms with E-state index in [2.05, 4.69) is 39.8 Å². The van der Waals surface area contributed by atoms with Gasteiger partial charge in [0.05, 0.1) is 19.6 Å². The van der Waals surface area contributed by atoms with Crippen LogP contribution in [-0.2, 0) is 11.4 Å². The molecule has 3 aromatic rings. The summed E-state index contributed by atoms with van der Waals surface area (Å²) in [5.74, 6) is 0.780. The number of methoxy groups -OCH3 is 1. The van der Waals surface area contributed by atoms with E-state index in [4.69, 9.17) is 14.6 Å². The van der Waals surface area contributed by atoms with Gasteiger partial charge in [0, 0.05) is 5.56 Å². The molecule has 0 amide bonds. The van der Waals surface area contributed by atoms with Crippen molar-refractivity contribution in [3.05, 3.63) is 89.2 Å². The molecular formula is C34H39FO5. The summed E-state index contributed by atoms with van der Waals surface area (Å²) in [6.45, 7) is 9.31. The molecule has 0 bridgehead atoms. The van der Waals surface area contributed by atoms with Crippen LogP contribution in [0.1, 0.15) is 69.8 Å². The topological polar surface area (TPSA) is 76.0 Å². The van der Waals surface area contributed by atoms with Gasteiger partial charge in [-0.2, -0.15) is 0 Å². The van der Waals surface area contributed by atoms with Crippen molar-refractivity contribution in [2.45, 2.75) is 59.7 Å². The number of aliphatic hydroxyl groups excluding tert-OH is 1. The van der Waals surface area contributed by atoms with Crippen LogP contribution in [0.15, 0.2) is 66.7 Å². The van der Waals surface area contributed by atoms with E-state index in [-0.39, 0.29) is 24.3 Å². The molecule has 5 nitrogen and oxygen atoms in total. The SMILES string of the molecule is COc1ccc(F)c(-c2ccc(COc3cccc([C@H](O)CC(=O)O)c3)cc2/C(C)=C/[C@H]2CC[C@H](C)C2(C)C)c1. The number of carboxylic acids is 1. The summed E-state index contributed by atoms with van der Waals surface area (Å²) in [5.41, 5.74) is 4.87. The third-order valence-electron chi connectivity index (χ3n) is 8.58. The van der Waals surface area contributed by atoms with Gasteiger partial charge in [-0.25, -0.2) is 4.39 Å². The minimum absolute atomic E-state index is 0.180. The summed E-state index contributed by atoms with van der Waals surface area (Å²) in [6, 6.07) is 17.5. The second-order valence-electron chi connectivity index (χ2n) is 11.5. The molecule has 0 aliphatic heterocycles. The third-order valence-corrected chi connectivity index (χ3v) is 8.58. The molecule has 3 atom stereocenters. The first kappa shape index (κ1) is 29.3. The molecule has 0 aromatic heterocycles. The van der Waals surface area contributed by atoms with Gasteiger partial charge in [0.25, 0.3) is 0 Å². The molecule has 0 heterocycles. The van der Waals surface area contributed by atoms with Crippen molar-refractivity contribution in [2.24, 2.45) is 17.3 Å². The number of aliphatic hydroxyl groups is 1. The third kappa shape index (κ3) is 6.56. The van der Waals surface area contributed by atoms with Crippen LogP contribution in [0, 0.1) is 23.1 Å². The van der Waals surface area contributed by atoms with E-state index in [1.165, 1.54) is 12.5 Å². The van der Waals surface area contributed by atoms with E-state index < -0.39 is 12.1 Å². The summed E-state index contributed by atoms with van der Waals surface area (Å²) in [4.78, 5) is 11.0. The standard InChI is InChI=1S/C34H39FO5/c1-21(15-25-11-9-22(2)34(25,3)4)29-16-23(10-13-28(29)30-18-26(39-5)12-14-31(30)35)20-40-27-8-6-7-24(17-27)32(36)19-33(37)38/h6-8,10,12-18,22,25,32,36H,9,11,19-20H2,1-5H3,(H,37,38)/b21-15+/t22-,25+,32+/m0/s1. The van der Waals surface area contributed by atoms with Crippen molar-refractivity contribution in [1.29, 1.82) is 0 Å². The van der Waals surface area contributed by atoms with Crippen LogP contribution in [0.5, 0.6) is 11.5 Å². The Bertz CT molecular complexity index is 1390. The van der Waals surface area contributed by atoms with Gasteiger partial charge in [-0.15, -0.1) is 0 Å². The normalized spacial score (nSPS) is 19.3. The largest absolute Gasteiger partial charge is 0.497 e. The molecular weight excluding hydrogens is 507 g/mol. The molecule has 2 N–H and O–H groups in total. The zero-order valence-corrected chi connectivity index (χ0v) is 23.9. The van der Waals surface area contributed by atoms with Crippen LogP contribution in [-0.4, -0.2) is 23.3 Å². The van der Waals surface area contributed by atoms with Crippen LogP contribution in [0.25, 0.3) is 16.7 Å². The average Bonchev–Trinajstić information content (AvgIpc) is 3.18. The fourth-order valence-corrected chi connectivity index (χ4v) is 5.57. The van der Waals surface area contributed by atoms with Gasteiger partial charge >= 0.3 is 5.97 Å². The number of carboxylic acid groups (broad SMARTS) is 1. The Labute approximate surface area is 236 Å². The highest BCUT2D eigenvalue weighted by Crippen LogP contribution is 2.49. The van der Waals surface area contributed by atoms with E-state index in [1.807, 2.05) is 12.1 Å². The molecule has 4 rings (SSSR count). The molecule has 1 saturated carbocycles. The van der Waals surface area contributed by atoms with E-state index in [1.54, 1.807) is 43.5 Å². The Hall–Kier alpha value is -3.64. The van der Waals surface area contributed by atoms with Crippen LogP contribution in [0.4, 0.5) is 4.39 Å². The molecule has 3 aromatic carbocycles. The number of hydrogen-bond acceptors (Lipinski definition) is 4. The molecule has 6 heteroatoms. The van der Waals surface area contributed by atoms with Crippen LogP contribution >= 0.6 is 0 Å². The van der Waals surface area contributed by atoms with E-state index in [0.29, 0.717) is 34.5 Å². The number of halogens is 1. The highest BCUT2D eigenvalue weighted by atomic mass is 19.1. The Morgan fingerprint density at radius 2 is 1.85 bits per heavy atom. The summed E-state index contributed by atoms with van der Waals surface area (Å²) in [6.07, 6.45) is 3.17. The highest BCUT2D eigenvalue weighted by molar-refractivity contribution is 5.82. The van der Waals surface area contributed by atoms with Crippen LogP contribution in [0.2, 0.25) is 0 Å². The molecule has 0 spiro atoms. The predicted octanol–water partition coefficient (Wildman–Crippen LogP) is 8.06. The lowest BCUT2D eigenvalue weighted by molar-refractivity contribution is -0.139. The highest BCUT2D eigenvalue weighted by Gasteiger charge is 2.39. The number of carbonyl (C=O) groups is 1. The fourth-order valence-electron chi connectivity index (χ4n) is 5.57. The first-order valence-electron chi connectivity index (χ1n) is 13.8. The van der Waals surface area contributed by atoms with Gasteiger partial charge in [0.2, 0.25) is 0 Å². The monoisotopic (exact) mass is 546 g/mol. The maximum absolute atomic E-state index is 15.1. The van der Waals surface area contributed by atoms with Crippen molar-refractivity contribution in [1.82, 2.24) is 0 Å². The fraction of sp³-hybridized carbons (Fsp3) is 0.382. The van der Waals surface area contributed by atoms with Crippen molar-refractivity contribution >= 4 is 11.5 Å². The number of hydrogen-bond donors (Lipinski definition) is 2. The Morgan fingerprint density at radius 1 is 1.07 bits per heavy atom. The van der Waals surface area contributed by atoms with Crippen LogP contribution in [0.3, 0.4) is 0 Å². The molecule has 212 valence electrons. The molecule has 1 fully saturated rings. The van der Waals surface area contributed by atoms with Crippen molar-refractivity contribution in [2.75, 3.05) is 7.11 Å². The number of rotatable bonds is 10. The van der Waals surface area contributed by atoms with Crippen molar-refractivity contribution in [3.63, 3.8) is 0 Å². The van der Waals surface area contributed by atoms with Crippen molar-refractivity contribution < 1.29 is 28.9 Å². The maximum Gasteiger partial charge on any atom is 0.306 e. The zero-order valence-electron chi connectivity index (χ0n) is 23.9. The summed E-state index contributed by atoms with van der Waals surface area (Å²) >= 11 is 0. The van der Waals surface area contributed by atoms with Gasteiger partial charge in [-0.3, -0.25) is 4.79 Å². The molecule has 0 unspecified atom stereocenters. The summed E-state index contributed by atoms with van der Waals surface area (Å²) in [7, 11) is 1.57. The quantitative estimate of drug-likeness (QED) is 0.269. The first-order valence-corrected chi connectivity index (χ1v) is 13.8. The number of allylic oxidation sites excluding steroid dienone is 2. The molecule has 0 radical (unpaired) electrons. The lowest BCUT2D eigenvalue weighted by Gasteiger charge is -2.30.